The van der Waals surface area contributed by atoms with Gasteiger partial charge in [-0.2, -0.15) is 0 Å². The molecule has 0 aliphatic heterocycles. The van der Waals surface area contributed by atoms with Gasteiger partial charge < -0.3 is 18.9 Å². The zero-order valence-corrected chi connectivity index (χ0v) is 54.0. The van der Waals surface area contributed by atoms with Crippen LogP contribution in [0.4, 0.5) is 0 Å². The molecule has 0 bridgehead atoms. The molecule has 10 heteroatoms. The molecule has 0 aromatic heterocycles. The molecular weight excluding hydrogens is 1010 g/mol. The van der Waals surface area contributed by atoms with Crippen molar-refractivity contribution in [3.8, 4) is 0 Å². The number of ether oxygens (including phenoxy) is 2. The summed E-state index contributed by atoms with van der Waals surface area (Å²) in [7, 11) is 1.48. The van der Waals surface area contributed by atoms with Crippen LogP contribution in [0.5, 0.6) is 0 Å². The van der Waals surface area contributed by atoms with Crippen LogP contribution >= 0.6 is 7.82 Å². The molecule has 1 N–H and O–H groups in total. The minimum absolute atomic E-state index is 0.0297. The number of carbonyl (C=O) groups is 2. The Morgan fingerprint density at radius 2 is 0.675 bits per heavy atom. The molecule has 0 fully saturated rings. The van der Waals surface area contributed by atoms with E-state index in [4.69, 9.17) is 18.5 Å². The number of allylic oxidation sites excluding steroid dienone is 12. The van der Waals surface area contributed by atoms with E-state index in [-0.39, 0.29) is 32.0 Å². The molecule has 0 rings (SSSR count). The molecule has 0 aromatic rings. The van der Waals surface area contributed by atoms with Gasteiger partial charge in [-0.1, -0.05) is 279 Å². The number of hydrogen-bond acceptors (Lipinski definition) is 7. The number of rotatable bonds is 62. The van der Waals surface area contributed by atoms with Gasteiger partial charge in [-0.25, -0.2) is 4.57 Å². The summed E-state index contributed by atoms with van der Waals surface area (Å²) in [4.78, 5) is 35.8. The maximum atomic E-state index is 12.9. The normalized spacial score (nSPS) is 13.6. The van der Waals surface area contributed by atoms with Crippen LogP contribution in [0.2, 0.25) is 0 Å². The lowest BCUT2D eigenvalue weighted by Gasteiger charge is -2.24. The van der Waals surface area contributed by atoms with Gasteiger partial charge in [-0.05, 0) is 89.9 Å². The number of quaternary nitrogens is 1. The molecule has 466 valence electrons. The van der Waals surface area contributed by atoms with Crippen molar-refractivity contribution < 1.29 is 42.1 Å². The zero-order valence-electron chi connectivity index (χ0n) is 53.1. The van der Waals surface area contributed by atoms with Crippen molar-refractivity contribution in [2.45, 2.75) is 315 Å². The van der Waals surface area contributed by atoms with Crippen LogP contribution in [-0.4, -0.2) is 74.9 Å². The number of esters is 2. The molecule has 0 aliphatic carbocycles. The molecule has 80 heavy (non-hydrogen) atoms. The van der Waals surface area contributed by atoms with E-state index in [1.807, 2.05) is 21.1 Å². The molecular formula is C70H129NO8P+. The van der Waals surface area contributed by atoms with Crippen molar-refractivity contribution in [3.05, 3.63) is 72.9 Å². The van der Waals surface area contributed by atoms with Gasteiger partial charge in [0, 0.05) is 12.8 Å². The Labute approximate surface area is 495 Å². The first-order valence-corrected chi connectivity index (χ1v) is 35.2. The molecule has 9 nitrogen and oxygen atoms in total. The van der Waals surface area contributed by atoms with Crippen molar-refractivity contribution in [1.82, 2.24) is 0 Å². The second-order valence-electron chi connectivity index (χ2n) is 23.9. The lowest BCUT2D eigenvalue weighted by atomic mass is 10.0. The Kier molecular flexibility index (Phi) is 59.1. The van der Waals surface area contributed by atoms with Crippen molar-refractivity contribution in [3.63, 3.8) is 0 Å². The number of hydrogen-bond donors (Lipinski definition) is 1. The number of carbonyl (C=O) groups excluding carboxylic acids is 2. The molecule has 0 saturated heterocycles. The summed E-state index contributed by atoms with van der Waals surface area (Å²) in [6.07, 6.45) is 81.3. The van der Waals surface area contributed by atoms with Gasteiger partial charge in [-0.3, -0.25) is 18.6 Å². The fourth-order valence-corrected chi connectivity index (χ4v) is 10.2. The van der Waals surface area contributed by atoms with Gasteiger partial charge in [0.05, 0.1) is 27.7 Å². The van der Waals surface area contributed by atoms with E-state index in [1.165, 1.54) is 218 Å². The average Bonchev–Trinajstić information content (AvgIpc) is 3.42. The molecule has 0 aromatic carbocycles. The van der Waals surface area contributed by atoms with Crippen molar-refractivity contribution in [2.24, 2.45) is 0 Å². The minimum atomic E-state index is -4.39. The second kappa shape index (κ2) is 61.0. The van der Waals surface area contributed by atoms with Crippen molar-refractivity contribution >= 4 is 19.8 Å². The van der Waals surface area contributed by atoms with Gasteiger partial charge in [0.15, 0.2) is 6.10 Å². The first-order chi connectivity index (χ1) is 39.0. The van der Waals surface area contributed by atoms with Crippen LogP contribution in [0.25, 0.3) is 0 Å². The second-order valence-corrected chi connectivity index (χ2v) is 25.3. The lowest BCUT2D eigenvalue weighted by molar-refractivity contribution is -0.870. The first kappa shape index (κ1) is 77.5. The van der Waals surface area contributed by atoms with Crippen LogP contribution in [0.1, 0.15) is 309 Å². The van der Waals surface area contributed by atoms with Crippen molar-refractivity contribution in [2.75, 3.05) is 47.5 Å². The third-order valence-corrected chi connectivity index (χ3v) is 15.7. The molecule has 2 atom stereocenters. The molecule has 0 amide bonds. The summed E-state index contributed by atoms with van der Waals surface area (Å²) >= 11 is 0. The predicted molar refractivity (Wildman–Crippen MR) is 344 cm³/mol. The fourth-order valence-electron chi connectivity index (χ4n) is 9.50. The fraction of sp³-hybridized carbons (Fsp3) is 0.800. The summed E-state index contributed by atoms with van der Waals surface area (Å²) in [5.74, 6) is -0.793. The van der Waals surface area contributed by atoms with Gasteiger partial charge in [0.25, 0.3) is 0 Å². The Morgan fingerprint density at radius 1 is 0.388 bits per heavy atom. The van der Waals surface area contributed by atoms with E-state index in [0.29, 0.717) is 17.4 Å². The SMILES string of the molecule is CCCCCCC/C=C\C/C=C\C/C=C\CCCCCCCCCCCCCCCCCCC(=O)OC(COC(=O)CCCCCCCCCCCC/C=C\C/C=C\C/C=C\CCCCCCC)COP(=O)(O)OCC[N+](C)(C)C. The van der Waals surface area contributed by atoms with Crippen LogP contribution in [0.3, 0.4) is 0 Å². The third kappa shape index (κ3) is 64.6. The van der Waals surface area contributed by atoms with Crippen LogP contribution in [0.15, 0.2) is 72.9 Å². The highest BCUT2D eigenvalue weighted by Gasteiger charge is 2.27. The van der Waals surface area contributed by atoms with E-state index in [0.717, 1.165) is 57.8 Å². The number of phosphoric ester groups is 1. The largest absolute Gasteiger partial charge is 0.472 e. The smallest absolute Gasteiger partial charge is 0.462 e. The predicted octanol–water partition coefficient (Wildman–Crippen LogP) is 21.6. The van der Waals surface area contributed by atoms with E-state index < -0.39 is 26.5 Å². The Morgan fingerprint density at radius 3 is 1.00 bits per heavy atom. The molecule has 0 heterocycles. The minimum Gasteiger partial charge on any atom is -0.462 e. The molecule has 0 saturated carbocycles. The highest BCUT2D eigenvalue weighted by Crippen LogP contribution is 2.43. The summed E-state index contributed by atoms with van der Waals surface area (Å²) in [6.45, 7) is 4.44. The topological polar surface area (TPSA) is 108 Å². The highest BCUT2D eigenvalue weighted by atomic mass is 31.2. The average molecular weight is 1140 g/mol. The van der Waals surface area contributed by atoms with E-state index in [9.17, 15) is 19.0 Å². The summed E-state index contributed by atoms with van der Waals surface area (Å²) in [5.41, 5.74) is 0. The van der Waals surface area contributed by atoms with E-state index in [1.54, 1.807) is 0 Å². The lowest BCUT2D eigenvalue weighted by Crippen LogP contribution is -2.37. The first-order valence-electron chi connectivity index (χ1n) is 33.7. The molecule has 0 spiro atoms. The summed E-state index contributed by atoms with van der Waals surface area (Å²) in [6, 6.07) is 0. The highest BCUT2D eigenvalue weighted by molar-refractivity contribution is 7.47. The standard InChI is InChI=1S/C70H128NO8P/c1-6-8-10-12-14-16-18-20-22-24-26-28-30-32-33-34-35-36-37-39-41-43-45-47-49-51-53-55-57-59-61-63-70(73)79-68(67-78-80(74,75)77-65-64-71(3,4)5)66-76-69(72)62-60-58-56-54-52-50-48-46-44-42-40-38-31-29-27-25-23-21-19-17-15-13-11-9-7-2/h18-21,24-27,30-32,38,68H,6-17,22-23,28-29,33-37,39-67H2,1-5H3/p+1/b20-18-,21-19-,26-24-,27-25-,32-30-,38-31-. The molecule has 0 radical (unpaired) electrons. The quantitative estimate of drug-likeness (QED) is 0.0211. The summed E-state index contributed by atoms with van der Waals surface area (Å²) in [5, 5.41) is 0. The number of unbranched alkanes of at least 4 members (excludes halogenated alkanes) is 36. The van der Waals surface area contributed by atoms with E-state index >= 15 is 0 Å². The van der Waals surface area contributed by atoms with Crippen LogP contribution in [-0.2, 0) is 32.7 Å². The molecule has 2 unspecified atom stereocenters. The number of nitrogens with zero attached hydrogens (tertiary/aromatic N) is 1. The van der Waals surface area contributed by atoms with Gasteiger partial charge >= 0.3 is 19.8 Å². The van der Waals surface area contributed by atoms with E-state index in [2.05, 4.69) is 86.8 Å². The number of phosphoric acid groups is 1. The van der Waals surface area contributed by atoms with Gasteiger partial charge in [0.1, 0.15) is 19.8 Å². The maximum absolute atomic E-state index is 12.9. The molecule has 0 aliphatic rings. The van der Waals surface area contributed by atoms with Gasteiger partial charge in [-0.15, -0.1) is 0 Å². The van der Waals surface area contributed by atoms with Crippen LogP contribution < -0.4 is 0 Å². The number of likely N-dealkylation sites (N-methyl/N-ethyl adjacent to an activating group) is 1. The Hall–Kier alpha value is -2.55. The Bertz CT molecular complexity index is 1580. The van der Waals surface area contributed by atoms with Crippen LogP contribution in [0, 0.1) is 0 Å². The zero-order chi connectivity index (χ0) is 58.4. The third-order valence-electron chi connectivity index (χ3n) is 14.7. The van der Waals surface area contributed by atoms with Crippen molar-refractivity contribution in [1.29, 1.82) is 0 Å². The van der Waals surface area contributed by atoms with Gasteiger partial charge in [0.2, 0.25) is 0 Å². The Balaban J connectivity index is 4.07. The summed E-state index contributed by atoms with van der Waals surface area (Å²) < 4.78 is 34.7. The monoisotopic (exact) mass is 1140 g/mol. The maximum Gasteiger partial charge on any atom is 0.472 e.